The monoisotopic (exact) mass is 299 g/mol. The lowest BCUT2D eigenvalue weighted by molar-refractivity contribution is 0.0355. The molecule has 6 nitrogen and oxygen atoms in total. The van der Waals surface area contributed by atoms with E-state index in [4.69, 9.17) is 9.26 Å². The van der Waals surface area contributed by atoms with E-state index in [1.165, 1.54) is 38.4 Å². The summed E-state index contributed by atoms with van der Waals surface area (Å²) in [5.74, 6) is 0.608. The van der Waals surface area contributed by atoms with Crippen LogP contribution in [0.4, 0.5) is 0 Å². The number of aliphatic hydroxyl groups is 1. The number of aromatic nitrogens is 2. The largest absolute Gasteiger partial charge is 0.389 e. The van der Waals surface area contributed by atoms with Gasteiger partial charge >= 0.3 is 0 Å². The van der Waals surface area contributed by atoms with Crippen LogP contribution in [-0.4, -0.2) is 47.7 Å². The van der Waals surface area contributed by atoms with E-state index >= 15 is 0 Å². The Morgan fingerprint density at radius 2 is 2.10 bits per heavy atom. The number of aliphatic hydroxyl groups excluding tert-OH is 1. The van der Waals surface area contributed by atoms with Crippen molar-refractivity contribution in [1.29, 1.82) is 0 Å². The Morgan fingerprint density at radius 1 is 1.29 bits per heavy atom. The third kappa shape index (κ3) is 10.4. The molecule has 1 heterocycles. The number of unbranched alkanes of at least 4 members (excludes halogenated alkanes) is 5. The van der Waals surface area contributed by atoms with Crippen molar-refractivity contribution in [3.05, 3.63) is 12.2 Å². The molecule has 0 aliphatic carbocycles. The van der Waals surface area contributed by atoms with E-state index in [9.17, 15) is 5.11 Å². The number of hydrogen-bond donors (Lipinski definition) is 2. The fourth-order valence-electron chi connectivity index (χ4n) is 2.03. The van der Waals surface area contributed by atoms with E-state index in [0.29, 0.717) is 32.0 Å². The minimum atomic E-state index is -0.465. The fraction of sp³-hybridized carbons (Fsp3) is 0.867. The molecule has 1 unspecified atom stereocenters. The maximum absolute atomic E-state index is 9.74. The zero-order chi connectivity index (χ0) is 15.2. The molecule has 21 heavy (non-hydrogen) atoms. The van der Waals surface area contributed by atoms with E-state index in [-0.39, 0.29) is 0 Å². The van der Waals surface area contributed by atoms with E-state index < -0.39 is 6.10 Å². The van der Waals surface area contributed by atoms with Crippen molar-refractivity contribution in [2.24, 2.45) is 0 Å². The number of hydrogen-bond acceptors (Lipinski definition) is 6. The standard InChI is InChI=1S/C15H29N3O3/c1-2-3-4-5-6-7-10-20-12-14(19)11-16-9-8-15-17-13-18-21-15/h13-14,16,19H,2-12H2,1H3. The molecule has 0 spiro atoms. The SMILES string of the molecule is CCCCCCCCOCC(O)CNCCc1ncno1. The molecule has 0 saturated carbocycles. The summed E-state index contributed by atoms with van der Waals surface area (Å²) in [6.07, 6.45) is 9.12. The summed E-state index contributed by atoms with van der Waals surface area (Å²) in [7, 11) is 0. The van der Waals surface area contributed by atoms with Crippen LogP contribution < -0.4 is 5.32 Å². The molecule has 1 aromatic rings. The summed E-state index contributed by atoms with van der Waals surface area (Å²) in [5.41, 5.74) is 0. The summed E-state index contributed by atoms with van der Waals surface area (Å²) in [5, 5.41) is 16.4. The lowest BCUT2D eigenvalue weighted by Gasteiger charge is -2.12. The van der Waals surface area contributed by atoms with Crippen LogP contribution in [0.15, 0.2) is 10.9 Å². The highest BCUT2D eigenvalue weighted by molar-refractivity contribution is 4.75. The summed E-state index contributed by atoms with van der Waals surface area (Å²) in [6, 6.07) is 0. The van der Waals surface area contributed by atoms with Crippen LogP contribution in [0, 0.1) is 0 Å². The van der Waals surface area contributed by atoms with Gasteiger partial charge in [0.2, 0.25) is 5.89 Å². The first kappa shape index (κ1) is 18.1. The zero-order valence-electron chi connectivity index (χ0n) is 13.1. The Labute approximate surface area is 127 Å². The predicted octanol–water partition coefficient (Wildman–Crippen LogP) is 1.94. The van der Waals surface area contributed by atoms with Crippen LogP contribution in [0.2, 0.25) is 0 Å². The van der Waals surface area contributed by atoms with Gasteiger partial charge in [0.15, 0.2) is 6.33 Å². The molecular formula is C15H29N3O3. The molecule has 0 amide bonds. The van der Waals surface area contributed by atoms with Crippen molar-refractivity contribution < 1.29 is 14.4 Å². The highest BCUT2D eigenvalue weighted by atomic mass is 16.5. The van der Waals surface area contributed by atoms with Gasteiger partial charge in [-0.3, -0.25) is 0 Å². The average molecular weight is 299 g/mol. The summed E-state index contributed by atoms with van der Waals surface area (Å²) in [6.45, 7) is 4.58. The fourth-order valence-corrected chi connectivity index (χ4v) is 2.03. The number of rotatable bonds is 14. The minimum absolute atomic E-state index is 0.391. The third-order valence-corrected chi connectivity index (χ3v) is 3.26. The van der Waals surface area contributed by atoms with E-state index in [2.05, 4.69) is 22.4 Å². The second-order valence-electron chi connectivity index (χ2n) is 5.29. The number of ether oxygens (including phenoxy) is 1. The van der Waals surface area contributed by atoms with E-state index in [0.717, 1.165) is 13.0 Å². The first-order valence-electron chi connectivity index (χ1n) is 8.05. The van der Waals surface area contributed by atoms with Gasteiger partial charge in [-0.25, -0.2) is 0 Å². The van der Waals surface area contributed by atoms with Gasteiger partial charge in [0.05, 0.1) is 12.7 Å². The normalized spacial score (nSPS) is 12.7. The molecule has 0 saturated heterocycles. The second kappa shape index (κ2) is 12.7. The highest BCUT2D eigenvalue weighted by Crippen LogP contribution is 2.04. The van der Waals surface area contributed by atoms with Gasteiger partial charge in [0.1, 0.15) is 0 Å². The maximum atomic E-state index is 9.74. The topological polar surface area (TPSA) is 80.4 Å². The van der Waals surface area contributed by atoms with Gasteiger partial charge in [-0.2, -0.15) is 4.98 Å². The molecular weight excluding hydrogens is 270 g/mol. The molecule has 2 N–H and O–H groups in total. The van der Waals surface area contributed by atoms with Crippen molar-refractivity contribution in [1.82, 2.24) is 15.5 Å². The van der Waals surface area contributed by atoms with Crippen LogP contribution in [0.25, 0.3) is 0 Å². The van der Waals surface area contributed by atoms with Crippen molar-refractivity contribution in [3.8, 4) is 0 Å². The van der Waals surface area contributed by atoms with Gasteiger partial charge in [0, 0.05) is 26.1 Å². The molecule has 0 aliphatic heterocycles. The minimum Gasteiger partial charge on any atom is -0.389 e. The zero-order valence-corrected chi connectivity index (χ0v) is 13.1. The molecule has 0 aliphatic rings. The van der Waals surface area contributed by atoms with Gasteiger partial charge in [-0.05, 0) is 6.42 Å². The van der Waals surface area contributed by atoms with Crippen LogP contribution in [0.5, 0.6) is 0 Å². The summed E-state index contributed by atoms with van der Waals surface area (Å²) in [4.78, 5) is 3.92. The molecule has 0 fully saturated rings. The molecule has 0 bridgehead atoms. The van der Waals surface area contributed by atoms with Crippen molar-refractivity contribution in [3.63, 3.8) is 0 Å². The van der Waals surface area contributed by atoms with Gasteiger partial charge < -0.3 is 19.7 Å². The molecule has 1 aromatic heterocycles. The Balaban J connectivity index is 1.82. The van der Waals surface area contributed by atoms with Gasteiger partial charge in [0.25, 0.3) is 0 Å². The van der Waals surface area contributed by atoms with E-state index in [1.54, 1.807) is 0 Å². The van der Waals surface area contributed by atoms with Crippen molar-refractivity contribution >= 4 is 0 Å². The van der Waals surface area contributed by atoms with Gasteiger partial charge in [-0.15, -0.1) is 0 Å². The maximum Gasteiger partial charge on any atom is 0.227 e. The predicted molar refractivity (Wildman–Crippen MR) is 81.1 cm³/mol. The molecule has 122 valence electrons. The first-order valence-corrected chi connectivity index (χ1v) is 8.05. The smallest absolute Gasteiger partial charge is 0.227 e. The van der Waals surface area contributed by atoms with Crippen LogP contribution in [0.3, 0.4) is 0 Å². The number of nitrogens with zero attached hydrogens (tertiary/aromatic N) is 2. The average Bonchev–Trinajstić information content (AvgIpc) is 3.00. The molecule has 1 rings (SSSR count). The van der Waals surface area contributed by atoms with Crippen LogP contribution >= 0.6 is 0 Å². The molecule has 0 aromatic carbocycles. The Bertz CT molecular complexity index is 320. The van der Waals surface area contributed by atoms with E-state index in [1.807, 2.05) is 0 Å². The van der Waals surface area contributed by atoms with Crippen molar-refractivity contribution in [2.75, 3.05) is 26.3 Å². The molecule has 0 radical (unpaired) electrons. The Kier molecular flexibility index (Phi) is 11.0. The lowest BCUT2D eigenvalue weighted by Crippen LogP contribution is -2.31. The third-order valence-electron chi connectivity index (χ3n) is 3.26. The van der Waals surface area contributed by atoms with Gasteiger partial charge in [-0.1, -0.05) is 44.2 Å². The summed E-state index contributed by atoms with van der Waals surface area (Å²) < 4.78 is 10.4. The molecule has 1 atom stereocenters. The quantitative estimate of drug-likeness (QED) is 0.511. The number of nitrogens with one attached hydrogen (secondary N) is 1. The Hall–Kier alpha value is -0.980. The lowest BCUT2D eigenvalue weighted by atomic mass is 10.1. The van der Waals surface area contributed by atoms with Crippen molar-refractivity contribution in [2.45, 2.75) is 58.0 Å². The highest BCUT2D eigenvalue weighted by Gasteiger charge is 2.04. The van der Waals surface area contributed by atoms with Crippen LogP contribution in [-0.2, 0) is 11.2 Å². The molecule has 6 heteroatoms. The Morgan fingerprint density at radius 3 is 2.86 bits per heavy atom. The first-order chi connectivity index (χ1) is 10.3. The van der Waals surface area contributed by atoms with Crippen LogP contribution in [0.1, 0.15) is 51.3 Å². The second-order valence-corrected chi connectivity index (χ2v) is 5.29. The summed E-state index contributed by atoms with van der Waals surface area (Å²) >= 11 is 0.